The van der Waals surface area contributed by atoms with Gasteiger partial charge >= 0.3 is 7.12 Å². The Balaban J connectivity index is 2.23. The average molecular weight is 317 g/mol. The van der Waals surface area contributed by atoms with E-state index in [9.17, 15) is 5.11 Å². The fourth-order valence-electron chi connectivity index (χ4n) is 2.09. The molecule has 0 spiro atoms. The van der Waals surface area contributed by atoms with Crippen LogP contribution < -0.4 is 0 Å². The molecule has 2 rings (SSSR count). The maximum Gasteiger partial charge on any atom is 0.492 e. The number of aliphatic imine (C=N–C) groups is 1. The Morgan fingerprint density at radius 2 is 1.77 bits per heavy atom. The molecule has 1 aromatic carbocycles. The van der Waals surface area contributed by atoms with Crippen LogP contribution >= 0.6 is 12.2 Å². The number of rotatable bonds is 4. The summed E-state index contributed by atoms with van der Waals surface area (Å²) in [5.74, 6) is 0. The summed E-state index contributed by atoms with van der Waals surface area (Å²) >= 11 is 4.58. The van der Waals surface area contributed by atoms with Gasteiger partial charge in [-0.1, -0.05) is 18.2 Å². The molecule has 0 aliphatic carbocycles. The van der Waals surface area contributed by atoms with Crippen LogP contribution in [-0.2, 0) is 9.31 Å². The molecule has 0 atom stereocenters. The van der Waals surface area contributed by atoms with Crippen molar-refractivity contribution in [3.05, 3.63) is 35.3 Å². The van der Waals surface area contributed by atoms with Crippen molar-refractivity contribution in [2.75, 3.05) is 6.61 Å². The standard InChI is InChI=1S/C16H20BNO3S/c1-15(2)16(3,4)21-17(20-15)13(10-19)9-12-5-7-14(8-6-12)18-11-22/h5-9,19H,10H2,1-4H3. The van der Waals surface area contributed by atoms with E-state index < -0.39 is 18.3 Å². The van der Waals surface area contributed by atoms with Crippen molar-refractivity contribution in [1.29, 1.82) is 0 Å². The molecule has 116 valence electrons. The molecule has 0 amide bonds. The van der Waals surface area contributed by atoms with E-state index in [4.69, 9.17) is 9.31 Å². The second kappa shape index (κ2) is 6.45. The van der Waals surface area contributed by atoms with E-state index in [0.717, 1.165) is 11.3 Å². The Labute approximate surface area is 137 Å². The predicted molar refractivity (Wildman–Crippen MR) is 92.3 cm³/mol. The first-order valence-corrected chi connectivity index (χ1v) is 7.55. The molecule has 0 saturated carbocycles. The van der Waals surface area contributed by atoms with Crippen LogP contribution in [0.3, 0.4) is 0 Å². The third-order valence-corrected chi connectivity index (χ3v) is 4.25. The molecule has 0 bridgehead atoms. The molecule has 4 nitrogen and oxygen atoms in total. The van der Waals surface area contributed by atoms with Gasteiger partial charge in [0, 0.05) is 0 Å². The number of benzene rings is 1. The summed E-state index contributed by atoms with van der Waals surface area (Å²) in [6.45, 7) is 7.82. The average Bonchev–Trinajstić information content (AvgIpc) is 2.67. The lowest BCUT2D eigenvalue weighted by Gasteiger charge is -2.32. The van der Waals surface area contributed by atoms with Crippen LogP contribution in [0.2, 0.25) is 0 Å². The third-order valence-electron chi connectivity index (χ3n) is 4.16. The molecule has 0 unspecified atom stereocenters. The van der Waals surface area contributed by atoms with E-state index in [1.54, 1.807) is 0 Å². The zero-order valence-corrected chi connectivity index (χ0v) is 14.1. The molecule has 1 saturated heterocycles. The van der Waals surface area contributed by atoms with E-state index in [2.05, 4.69) is 22.4 Å². The largest absolute Gasteiger partial charge is 0.492 e. The molecule has 1 aliphatic rings. The summed E-state index contributed by atoms with van der Waals surface area (Å²) < 4.78 is 11.9. The normalized spacial score (nSPS) is 19.9. The first kappa shape index (κ1) is 17.1. The first-order valence-electron chi connectivity index (χ1n) is 7.14. The van der Waals surface area contributed by atoms with Gasteiger partial charge in [-0.2, -0.15) is 4.99 Å². The Kier molecular flexibility index (Phi) is 5.00. The van der Waals surface area contributed by atoms with Gasteiger partial charge in [0.1, 0.15) is 0 Å². The minimum atomic E-state index is -0.548. The maximum absolute atomic E-state index is 9.66. The fraction of sp³-hybridized carbons (Fsp3) is 0.438. The smallest absolute Gasteiger partial charge is 0.400 e. The third kappa shape index (κ3) is 3.54. The van der Waals surface area contributed by atoms with E-state index in [1.807, 2.05) is 58.0 Å². The van der Waals surface area contributed by atoms with Crippen LogP contribution in [-0.4, -0.2) is 35.2 Å². The summed E-state index contributed by atoms with van der Waals surface area (Å²) in [5.41, 5.74) is 1.51. The van der Waals surface area contributed by atoms with Crippen molar-refractivity contribution in [3.63, 3.8) is 0 Å². The molecule has 22 heavy (non-hydrogen) atoms. The molecule has 1 aliphatic heterocycles. The van der Waals surface area contributed by atoms with Crippen LogP contribution in [0.4, 0.5) is 5.69 Å². The van der Waals surface area contributed by atoms with Gasteiger partial charge in [0.25, 0.3) is 0 Å². The first-order chi connectivity index (χ1) is 10.3. The second-order valence-electron chi connectivity index (χ2n) is 6.26. The minimum absolute atomic E-state index is 0.128. The van der Waals surface area contributed by atoms with Crippen LogP contribution in [0, 0.1) is 0 Å². The Morgan fingerprint density at radius 1 is 1.23 bits per heavy atom. The van der Waals surface area contributed by atoms with E-state index in [-0.39, 0.29) is 6.61 Å². The quantitative estimate of drug-likeness (QED) is 0.525. The molecule has 1 heterocycles. The van der Waals surface area contributed by atoms with Gasteiger partial charge in [0.15, 0.2) is 0 Å². The highest BCUT2D eigenvalue weighted by Gasteiger charge is 2.52. The topological polar surface area (TPSA) is 51.0 Å². The van der Waals surface area contributed by atoms with Crippen molar-refractivity contribution in [2.45, 2.75) is 38.9 Å². The lowest BCUT2D eigenvalue weighted by atomic mass is 9.77. The molecule has 1 fully saturated rings. The lowest BCUT2D eigenvalue weighted by Crippen LogP contribution is -2.41. The van der Waals surface area contributed by atoms with E-state index in [1.165, 1.54) is 0 Å². The SMILES string of the molecule is CC1(C)OB(C(=Cc2ccc(N=C=S)cc2)CO)OC1(C)C. The van der Waals surface area contributed by atoms with Crippen LogP contribution in [0.5, 0.6) is 0 Å². The number of thiocarbonyl (C=S) groups is 1. The predicted octanol–water partition coefficient (Wildman–Crippen LogP) is 3.43. The molecular weight excluding hydrogens is 297 g/mol. The van der Waals surface area contributed by atoms with Gasteiger partial charge in [-0.05, 0) is 63.1 Å². The van der Waals surface area contributed by atoms with E-state index in [0.29, 0.717) is 5.47 Å². The van der Waals surface area contributed by atoms with Gasteiger partial charge in [0.2, 0.25) is 0 Å². The molecule has 1 N–H and O–H groups in total. The number of hydrogen-bond acceptors (Lipinski definition) is 5. The number of hydrogen-bond donors (Lipinski definition) is 1. The number of nitrogens with zero attached hydrogens (tertiary/aromatic N) is 1. The number of aliphatic hydroxyl groups excluding tert-OH is 1. The van der Waals surface area contributed by atoms with E-state index >= 15 is 0 Å². The molecular formula is C16H20BNO3S. The zero-order valence-electron chi connectivity index (χ0n) is 13.3. The van der Waals surface area contributed by atoms with Crippen molar-refractivity contribution in [3.8, 4) is 0 Å². The van der Waals surface area contributed by atoms with Crippen LogP contribution in [0.25, 0.3) is 6.08 Å². The van der Waals surface area contributed by atoms with Crippen molar-refractivity contribution in [2.24, 2.45) is 4.99 Å². The van der Waals surface area contributed by atoms with Crippen molar-refractivity contribution in [1.82, 2.24) is 0 Å². The van der Waals surface area contributed by atoms with Gasteiger partial charge in [-0.25, -0.2) is 0 Å². The van der Waals surface area contributed by atoms with Gasteiger partial charge in [-0.3, -0.25) is 0 Å². The van der Waals surface area contributed by atoms with Crippen LogP contribution in [0.1, 0.15) is 33.3 Å². The summed E-state index contributed by atoms with van der Waals surface area (Å²) in [4.78, 5) is 3.91. The van der Waals surface area contributed by atoms with Crippen LogP contribution in [0.15, 0.2) is 34.7 Å². The molecule has 1 aromatic rings. The molecule has 0 aromatic heterocycles. The monoisotopic (exact) mass is 317 g/mol. The van der Waals surface area contributed by atoms with Crippen molar-refractivity contribution < 1.29 is 14.4 Å². The van der Waals surface area contributed by atoms with Gasteiger partial charge in [-0.15, -0.1) is 0 Å². The van der Waals surface area contributed by atoms with Gasteiger partial charge in [0.05, 0.1) is 28.7 Å². The highest BCUT2D eigenvalue weighted by molar-refractivity contribution is 7.78. The number of isothiocyanates is 1. The molecule has 6 heteroatoms. The lowest BCUT2D eigenvalue weighted by molar-refractivity contribution is 0.00578. The second-order valence-corrected chi connectivity index (χ2v) is 6.44. The Bertz CT molecular complexity index is 603. The maximum atomic E-state index is 9.66. The molecule has 0 radical (unpaired) electrons. The zero-order chi connectivity index (χ0) is 16.4. The Hall–Kier alpha value is -1.30. The highest BCUT2D eigenvalue weighted by atomic mass is 32.1. The summed E-state index contributed by atoms with van der Waals surface area (Å²) in [7, 11) is -0.548. The highest BCUT2D eigenvalue weighted by Crippen LogP contribution is 2.38. The number of aliphatic hydroxyl groups is 1. The van der Waals surface area contributed by atoms with Gasteiger partial charge < -0.3 is 14.4 Å². The summed E-state index contributed by atoms with van der Waals surface area (Å²) in [5, 5.41) is 12.0. The fourth-order valence-corrected chi connectivity index (χ4v) is 2.20. The van der Waals surface area contributed by atoms with Crippen molar-refractivity contribution >= 4 is 36.3 Å². The summed E-state index contributed by atoms with van der Waals surface area (Å²) in [6, 6.07) is 7.47. The minimum Gasteiger partial charge on any atom is -0.400 e. The Morgan fingerprint density at radius 3 is 2.23 bits per heavy atom. The summed E-state index contributed by atoms with van der Waals surface area (Å²) in [6.07, 6.45) is 1.87.